The largest absolute Gasteiger partial charge is 0.465 e. The van der Waals surface area contributed by atoms with Gasteiger partial charge in [0, 0.05) is 38.1 Å². The van der Waals surface area contributed by atoms with Gasteiger partial charge in [-0.15, -0.1) is 0 Å². The Morgan fingerprint density at radius 1 is 1.12 bits per heavy atom. The lowest BCUT2D eigenvalue weighted by atomic mass is 10.1. The Balaban J connectivity index is 1.58. The fourth-order valence-corrected chi connectivity index (χ4v) is 5.56. The van der Waals surface area contributed by atoms with E-state index >= 15 is 0 Å². The summed E-state index contributed by atoms with van der Waals surface area (Å²) in [4.78, 5) is 16.8. The maximum absolute atomic E-state index is 13.0. The van der Waals surface area contributed by atoms with Gasteiger partial charge in [-0.1, -0.05) is 18.2 Å². The molecule has 2 saturated heterocycles. The number of sulfonamides is 1. The third kappa shape index (κ3) is 2.85. The van der Waals surface area contributed by atoms with E-state index in [1.165, 1.54) is 9.21 Å². The van der Waals surface area contributed by atoms with Crippen molar-refractivity contribution in [1.82, 2.24) is 14.2 Å². The lowest BCUT2D eigenvalue weighted by Gasteiger charge is -2.23. The topological polar surface area (TPSA) is 90.8 Å². The standard InChI is InChI=1S/C18H19N3O4S/c22-18(23)20-11-15-7-9-21(17(15)12-20)26(24,25)16-5-3-13(4-6-16)14-2-1-8-19-10-14/h1-6,8,10,15,17H,7,9,11-12H2,(H,22,23)/t15-,17+/m1/s1. The molecule has 1 aromatic carbocycles. The average molecular weight is 373 g/mol. The minimum atomic E-state index is -3.64. The first kappa shape index (κ1) is 17.0. The molecule has 136 valence electrons. The summed E-state index contributed by atoms with van der Waals surface area (Å²) >= 11 is 0. The van der Waals surface area contributed by atoms with Crippen molar-refractivity contribution in [3.8, 4) is 11.1 Å². The molecular weight excluding hydrogens is 354 g/mol. The number of aromatic nitrogens is 1. The van der Waals surface area contributed by atoms with Crippen LogP contribution in [-0.2, 0) is 10.0 Å². The Labute approximate surface area is 151 Å². The average Bonchev–Trinajstić information content (AvgIpc) is 3.23. The van der Waals surface area contributed by atoms with E-state index in [1.807, 2.05) is 12.1 Å². The van der Waals surface area contributed by atoms with Crippen LogP contribution in [0.2, 0.25) is 0 Å². The minimum Gasteiger partial charge on any atom is -0.465 e. The van der Waals surface area contributed by atoms with Crippen LogP contribution in [0.25, 0.3) is 11.1 Å². The van der Waals surface area contributed by atoms with E-state index in [2.05, 4.69) is 4.98 Å². The summed E-state index contributed by atoms with van der Waals surface area (Å²) < 4.78 is 27.6. The molecule has 4 rings (SSSR count). The quantitative estimate of drug-likeness (QED) is 0.890. The van der Waals surface area contributed by atoms with E-state index in [1.54, 1.807) is 36.7 Å². The van der Waals surface area contributed by atoms with Crippen LogP contribution in [0.3, 0.4) is 0 Å². The molecule has 0 aliphatic carbocycles. The van der Waals surface area contributed by atoms with Gasteiger partial charge in [-0.3, -0.25) is 4.98 Å². The first-order valence-electron chi connectivity index (χ1n) is 8.47. The fourth-order valence-electron chi connectivity index (χ4n) is 3.87. The molecular formula is C18H19N3O4S. The van der Waals surface area contributed by atoms with Crippen LogP contribution in [0, 0.1) is 5.92 Å². The number of likely N-dealkylation sites (tertiary alicyclic amines) is 1. The van der Waals surface area contributed by atoms with Crippen LogP contribution in [0.5, 0.6) is 0 Å². The Morgan fingerprint density at radius 3 is 2.54 bits per heavy atom. The van der Waals surface area contributed by atoms with Crippen LogP contribution in [0.4, 0.5) is 4.79 Å². The van der Waals surface area contributed by atoms with Gasteiger partial charge in [0.05, 0.1) is 4.90 Å². The molecule has 2 aromatic rings. The molecule has 1 N–H and O–H groups in total. The number of benzene rings is 1. The summed E-state index contributed by atoms with van der Waals surface area (Å²) in [5.41, 5.74) is 1.82. The number of fused-ring (bicyclic) bond motifs is 1. The highest BCUT2D eigenvalue weighted by molar-refractivity contribution is 7.89. The molecule has 1 amide bonds. The molecule has 0 unspecified atom stereocenters. The summed E-state index contributed by atoms with van der Waals surface area (Å²) in [6.07, 6.45) is 3.13. The Kier molecular flexibility index (Phi) is 4.16. The number of carboxylic acid groups (broad SMARTS) is 1. The van der Waals surface area contributed by atoms with Crippen LogP contribution < -0.4 is 0 Å². The second-order valence-electron chi connectivity index (χ2n) is 6.69. The number of rotatable bonds is 3. The predicted octanol–water partition coefficient (Wildman–Crippen LogP) is 2.12. The third-order valence-electron chi connectivity index (χ3n) is 5.22. The number of pyridine rings is 1. The summed E-state index contributed by atoms with van der Waals surface area (Å²) in [6.45, 7) is 1.09. The predicted molar refractivity (Wildman–Crippen MR) is 95.1 cm³/mol. The molecule has 0 saturated carbocycles. The van der Waals surface area contributed by atoms with Crippen molar-refractivity contribution in [3.63, 3.8) is 0 Å². The third-order valence-corrected chi connectivity index (χ3v) is 7.16. The molecule has 3 heterocycles. The normalized spacial score (nSPS) is 23.2. The van der Waals surface area contributed by atoms with Gasteiger partial charge in [-0.25, -0.2) is 13.2 Å². The van der Waals surface area contributed by atoms with E-state index < -0.39 is 16.1 Å². The van der Waals surface area contributed by atoms with E-state index in [0.29, 0.717) is 19.5 Å². The van der Waals surface area contributed by atoms with E-state index in [-0.39, 0.29) is 23.4 Å². The monoisotopic (exact) mass is 373 g/mol. The zero-order valence-electron chi connectivity index (χ0n) is 14.0. The Morgan fingerprint density at radius 2 is 1.88 bits per heavy atom. The lowest BCUT2D eigenvalue weighted by molar-refractivity contribution is 0.151. The van der Waals surface area contributed by atoms with Gasteiger partial charge < -0.3 is 10.0 Å². The highest BCUT2D eigenvalue weighted by Crippen LogP contribution is 2.35. The van der Waals surface area contributed by atoms with Gasteiger partial charge in [-0.05, 0) is 41.7 Å². The van der Waals surface area contributed by atoms with Crippen molar-refractivity contribution in [2.75, 3.05) is 19.6 Å². The maximum Gasteiger partial charge on any atom is 0.407 e. The molecule has 2 atom stereocenters. The molecule has 2 aliphatic rings. The lowest BCUT2D eigenvalue weighted by Crippen LogP contribution is -2.40. The number of carbonyl (C=O) groups is 1. The highest BCUT2D eigenvalue weighted by atomic mass is 32.2. The molecule has 1 aromatic heterocycles. The maximum atomic E-state index is 13.0. The van der Waals surface area contributed by atoms with E-state index in [0.717, 1.165) is 11.1 Å². The first-order chi connectivity index (χ1) is 12.5. The van der Waals surface area contributed by atoms with Crippen LogP contribution >= 0.6 is 0 Å². The zero-order chi connectivity index (χ0) is 18.3. The van der Waals surface area contributed by atoms with Gasteiger partial charge in [0.1, 0.15) is 0 Å². The smallest absolute Gasteiger partial charge is 0.407 e. The molecule has 0 bridgehead atoms. The van der Waals surface area contributed by atoms with Crippen LogP contribution in [-0.4, -0.2) is 59.5 Å². The SMILES string of the molecule is O=C(O)N1C[C@H]2CCN(S(=O)(=O)c3ccc(-c4cccnc4)cc3)[C@H]2C1. The van der Waals surface area contributed by atoms with Gasteiger partial charge in [0.2, 0.25) is 10.0 Å². The molecule has 26 heavy (non-hydrogen) atoms. The van der Waals surface area contributed by atoms with Crippen molar-refractivity contribution in [2.45, 2.75) is 17.4 Å². The van der Waals surface area contributed by atoms with Crippen molar-refractivity contribution in [3.05, 3.63) is 48.8 Å². The van der Waals surface area contributed by atoms with Gasteiger partial charge >= 0.3 is 6.09 Å². The highest BCUT2D eigenvalue weighted by Gasteiger charge is 2.47. The number of nitrogens with zero attached hydrogens (tertiary/aromatic N) is 3. The molecule has 0 radical (unpaired) electrons. The Hall–Kier alpha value is -2.45. The van der Waals surface area contributed by atoms with Gasteiger partial charge in [0.15, 0.2) is 0 Å². The summed E-state index contributed by atoms with van der Waals surface area (Å²) in [7, 11) is -3.64. The number of amides is 1. The molecule has 2 aliphatic heterocycles. The summed E-state index contributed by atoms with van der Waals surface area (Å²) in [5.74, 6) is 0.0792. The number of hydrogen-bond donors (Lipinski definition) is 1. The van der Waals surface area contributed by atoms with Crippen LogP contribution in [0.1, 0.15) is 6.42 Å². The van der Waals surface area contributed by atoms with Crippen molar-refractivity contribution >= 4 is 16.1 Å². The van der Waals surface area contributed by atoms with Crippen molar-refractivity contribution in [2.24, 2.45) is 5.92 Å². The zero-order valence-corrected chi connectivity index (χ0v) is 14.8. The Bertz CT molecular complexity index is 915. The van der Waals surface area contributed by atoms with E-state index in [9.17, 15) is 13.2 Å². The second-order valence-corrected chi connectivity index (χ2v) is 8.58. The number of hydrogen-bond acceptors (Lipinski definition) is 4. The summed E-state index contributed by atoms with van der Waals surface area (Å²) in [6, 6.07) is 10.2. The van der Waals surface area contributed by atoms with Gasteiger partial charge in [0.25, 0.3) is 0 Å². The second kappa shape index (κ2) is 6.37. The molecule has 7 nitrogen and oxygen atoms in total. The summed E-state index contributed by atoms with van der Waals surface area (Å²) in [5, 5.41) is 9.17. The minimum absolute atomic E-state index is 0.0792. The fraction of sp³-hybridized carbons (Fsp3) is 0.333. The first-order valence-corrected chi connectivity index (χ1v) is 9.91. The van der Waals surface area contributed by atoms with Crippen molar-refractivity contribution < 1.29 is 18.3 Å². The van der Waals surface area contributed by atoms with E-state index in [4.69, 9.17) is 5.11 Å². The molecule has 8 heteroatoms. The molecule has 2 fully saturated rings. The van der Waals surface area contributed by atoms with Crippen molar-refractivity contribution in [1.29, 1.82) is 0 Å². The van der Waals surface area contributed by atoms with Crippen LogP contribution in [0.15, 0.2) is 53.7 Å². The van der Waals surface area contributed by atoms with Gasteiger partial charge in [-0.2, -0.15) is 4.31 Å². The molecule has 0 spiro atoms.